The Morgan fingerprint density at radius 3 is 2.79 bits per heavy atom. The summed E-state index contributed by atoms with van der Waals surface area (Å²) >= 11 is 1.75. The number of nitrogen functional groups attached to an aromatic ring is 1. The summed E-state index contributed by atoms with van der Waals surface area (Å²) in [7, 11) is 0. The van der Waals surface area contributed by atoms with Crippen molar-refractivity contribution in [2.75, 3.05) is 17.6 Å². The second-order valence-electron chi connectivity index (χ2n) is 5.13. The molecule has 0 amide bonds. The van der Waals surface area contributed by atoms with E-state index < -0.39 is 0 Å². The Kier molecular flexibility index (Phi) is 3.77. The van der Waals surface area contributed by atoms with E-state index in [9.17, 15) is 0 Å². The van der Waals surface area contributed by atoms with Crippen molar-refractivity contribution in [1.82, 2.24) is 0 Å². The van der Waals surface area contributed by atoms with Gasteiger partial charge in [-0.25, -0.2) is 0 Å². The molecule has 0 aliphatic heterocycles. The first kappa shape index (κ1) is 13.4. The number of nitrogens with two attached hydrogens (primary N) is 1. The fourth-order valence-electron chi connectivity index (χ4n) is 1.85. The lowest BCUT2D eigenvalue weighted by molar-refractivity contribution is 0.569. The van der Waals surface area contributed by atoms with Crippen LogP contribution in [0.15, 0.2) is 35.7 Å². The maximum Gasteiger partial charge on any atom is 0.0992 e. The van der Waals surface area contributed by atoms with E-state index in [1.807, 2.05) is 0 Å². The summed E-state index contributed by atoms with van der Waals surface area (Å²) in [5.74, 6) is 0. The molecule has 0 unspecified atom stereocenters. The van der Waals surface area contributed by atoms with Crippen molar-refractivity contribution < 1.29 is 0 Å². The molecular weight excluding hydrogens is 254 g/mol. The maximum atomic E-state index is 8.91. The Balaban J connectivity index is 2.13. The van der Waals surface area contributed by atoms with E-state index in [0.29, 0.717) is 11.3 Å². The predicted octanol–water partition coefficient (Wildman–Crippen LogP) is 3.59. The topological polar surface area (TPSA) is 61.8 Å². The van der Waals surface area contributed by atoms with Crippen molar-refractivity contribution in [2.45, 2.75) is 19.3 Å². The molecule has 0 aliphatic rings. The third kappa shape index (κ3) is 3.07. The molecule has 0 aliphatic carbocycles. The smallest absolute Gasteiger partial charge is 0.0992 e. The molecule has 19 heavy (non-hydrogen) atoms. The molecule has 3 N–H and O–H groups in total. The average molecular weight is 271 g/mol. The van der Waals surface area contributed by atoms with Gasteiger partial charge in [-0.05, 0) is 29.6 Å². The van der Waals surface area contributed by atoms with Crippen LogP contribution >= 0.6 is 11.3 Å². The van der Waals surface area contributed by atoms with Gasteiger partial charge in [0, 0.05) is 16.8 Å². The fourth-order valence-corrected chi connectivity index (χ4v) is 2.70. The fraction of sp³-hybridized carbons (Fsp3) is 0.267. The van der Waals surface area contributed by atoms with Crippen LogP contribution in [0.25, 0.3) is 0 Å². The second kappa shape index (κ2) is 5.33. The molecule has 0 fully saturated rings. The first-order valence-electron chi connectivity index (χ1n) is 6.10. The molecule has 1 heterocycles. The Labute approximate surface area is 117 Å². The largest absolute Gasteiger partial charge is 0.397 e. The highest BCUT2D eigenvalue weighted by Gasteiger charge is 2.21. The number of hydrogen-bond donors (Lipinski definition) is 2. The normalized spacial score (nSPS) is 11.0. The monoisotopic (exact) mass is 271 g/mol. The van der Waals surface area contributed by atoms with Crippen LogP contribution in [0.1, 0.15) is 24.3 Å². The van der Waals surface area contributed by atoms with Crippen LogP contribution in [0.2, 0.25) is 0 Å². The summed E-state index contributed by atoms with van der Waals surface area (Å²) in [4.78, 5) is 1.33. The Morgan fingerprint density at radius 2 is 2.16 bits per heavy atom. The molecule has 1 aromatic carbocycles. The molecule has 4 heteroatoms. The lowest BCUT2D eigenvalue weighted by Gasteiger charge is -2.24. The van der Waals surface area contributed by atoms with Crippen LogP contribution in [-0.2, 0) is 5.41 Å². The number of nitrogens with zero attached hydrogens (tertiary/aromatic N) is 1. The van der Waals surface area contributed by atoms with Crippen LogP contribution in [0, 0.1) is 11.3 Å². The molecule has 0 spiro atoms. The zero-order valence-corrected chi connectivity index (χ0v) is 11.9. The van der Waals surface area contributed by atoms with E-state index in [1.165, 1.54) is 4.88 Å². The molecular formula is C15H17N3S. The zero-order chi connectivity index (χ0) is 13.9. The highest BCUT2D eigenvalue weighted by Crippen LogP contribution is 2.29. The van der Waals surface area contributed by atoms with Gasteiger partial charge in [-0.1, -0.05) is 19.9 Å². The first-order chi connectivity index (χ1) is 9.03. The van der Waals surface area contributed by atoms with Gasteiger partial charge >= 0.3 is 0 Å². The number of benzene rings is 1. The van der Waals surface area contributed by atoms with Crippen LogP contribution in [-0.4, -0.2) is 6.54 Å². The lowest BCUT2D eigenvalue weighted by Crippen LogP contribution is -2.26. The van der Waals surface area contributed by atoms with E-state index in [0.717, 1.165) is 12.2 Å². The van der Waals surface area contributed by atoms with Gasteiger partial charge in [0.25, 0.3) is 0 Å². The van der Waals surface area contributed by atoms with E-state index >= 15 is 0 Å². The van der Waals surface area contributed by atoms with Gasteiger partial charge in [0.2, 0.25) is 0 Å². The molecule has 0 saturated heterocycles. The molecule has 0 bridgehead atoms. The highest BCUT2D eigenvalue weighted by molar-refractivity contribution is 7.10. The first-order valence-corrected chi connectivity index (χ1v) is 6.98. The van der Waals surface area contributed by atoms with Gasteiger partial charge in [-0.3, -0.25) is 0 Å². The Hall–Kier alpha value is -1.99. The Morgan fingerprint density at radius 1 is 1.37 bits per heavy atom. The average Bonchev–Trinajstić information content (AvgIpc) is 2.92. The SMILES string of the molecule is CC(C)(CNc1cc(C#N)ccc1N)c1cccs1. The van der Waals surface area contributed by atoms with E-state index in [-0.39, 0.29) is 5.41 Å². The van der Waals surface area contributed by atoms with E-state index in [2.05, 4.69) is 42.7 Å². The molecule has 1 aromatic heterocycles. The van der Waals surface area contributed by atoms with Crippen LogP contribution < -0.4 is 11.1 Å². The van der Waals surface area contributed by atoms with Crippen molar-refractivity contribution in [3.8, 4) is 6.07 Å². The predicted molar refractivity (Wildman–Crippen MR) is 81.4 cm³/mol. The summed E-state index contributed by atoms with van der Waals surface area (Å²) in [6.45, 7) is 5.15. The van der Waals surface area contributed by atoms with E-state index in [1.54, 1.807) is 29.5 Å². The second-order valence-corrected chi connectivity index (χ2v) is 6.08. The third-order valence-corrected chi connectivity index (χ3v) is 4.33. The lowest BCUT2D eigenvalue weighted by atomic mass is 9.91. The van der Waals surface area contributed by atoms with Gasteiger partial charge in [0.05, 0.1) is 23.0 Å². The number of rotatable bonds is 4. The number of thiophene rings is 1. The summed E-state index contributed by atoms with van der Waals surface area (Å²) in [6, 6.07) is 11.6. The molecule has 0 radical (unpaired) electrons. The Bertz CT molecular complexity index is 594. The van der Waals surface area contributed by atoms with Crippen LogP contribution in [0.3, 0.4) is 0 Å². The number of nitriles is 1. The standard InChI is InChI=1S/C15H17N3S/c1-15(2,14-4-3-7-19-14)10-18-13-8-11(9-16)5-6-12(13)17/h3-8,18H,10,17H2,1-2H3. The highest BCUT2D eigenvalue weighted by atomic mass is 32.1. The van der Waals surface area contributed by atoms with Crippen molar-refractivity contribution in [3.05, 3.63) is 46.2 Å². The summed E-state index contributed by atoms with van der Waals surface area (Å²) in [6.07, 6.45) is 0. The van der Waals surface area contributed by atoms with Crippen molar-refractivity contribution >= 4 is 22.7 Å². The molecule has 2 rings (SSSR count). The molecule has 0 saturated carbocycles. The zero-order valence-electron chi connectivity index (χ0n) is 11.1. The third-order valence-electron chi connectivity index (χ3n) is 3.09. The molecule has 3 nitrogen and oxygen atoms in total. The van der Waals surface area contributed by atoms with Crippen LogP contribution in [0.5, 0.6) is 0 Å². The van der Waals surface area contributed by atoms with Crippen molar-refractivity contribution in [2.24, 2.45) is 0 Å². The minimum atomic E-state index is 0.0310. The quantitative estimate of drug-likeness (QED) is 0.835. The van der Waals surface area contributed by atoms with Gasteiger partial charge in [0.15, 0.2) is 0 Å². The summed E-state index contributed by atoms with van der Waals surface area (Å²) in [5, 5.41) is 14.3. The van der Waals surface area contributed by atoms with Gasteiger partial charge in [-0.2, -0.15) is 5.26 Å². The van der Waals surface area contributed by atoms with Crippen molar-refractivity contribution in [3.63, 3.8) is 0 Å². The molecule has 0 atom stereocenters. The van der Waals surface area contributed by atoms with Crippen LogP contribution in [0.4, 0.5) is 11.4 Å². The van der Waals surface area contributed by atoms with Gasteiger partial charge < -0.3 is 11.1 Å². The van der Waals surface area contributed by atoms with Crippen molar-refractivity contribution in [1.29, 1.82) is 5.26 Å². The minimum Gasteiger partial charge on any atom is -0.397 e. The molecule has 98 valence electrons. The van der Waals surface area contributed by atoms with E-state index in [4.69, 9.17) is 11.0 Å². The molecule has 2 aromatic rings. The van der Waals surface area contributed by atoms with Gasteiger partial charge in [0.1, 0.15) is 0 Å². The maximum absolute atomic E-state index is 8.91. The van der Waals surface area contributed by atoms with Gasteiger partial charge in [-0.15, -0.1) is 11.3 Å². The summed E-state index contributed by atoms with van der Waals surface area (Å²) < 4.78 is 0. The number of anilines is 2. The summed E-state index contributed by atoms with van der Waals surface area (Å²) in [5.41, 5.74) is 8.06. The number of nitrogens with one attached hydrogen (secondary N) is 1. The number of hydrogen-bond acceptors (Lipinski definition) is 4. The minimum absolute atomic E-state index is 0.0310.